The van der Waals surface area contributed by atoms with Crippen LogP contribution in [-0.2, 0) is 16.0 Å². The van der Waals surface area contributed by atoms with Crippen molar-refractivity contribution in [2.45, 2.75) is 26.3 Å². The van der Waals surface area contributed by atoms with Crippen molar-refractivity contribution in [2.24, 2.45) is 0 Å². The third-order valence-electron chi connectivity index (χ3n) is 3.51. The average molecular weight is 339 g/mol. The highest BCUT2D eigenvalue weighted by Gasteiger charge is 2.34. The second-order valence-corrected chi connectivity index (χ2v) is 5.69. The quantitative estimate of drug-likeness (QED) is 0.857. The summed E-state index contributed by atoms with van der Waals surface area (Å²) in [4.78, 5) is 12.0. The first-order chi connectivity index (χ1) is 9.56. The summed E-state index contributed by atoms with van der Waals surface area (Å²) in [5, 5.41) is 2.07. The molecule has 1 heterocycles. The molecule has 1 N–H and O–H groups in total. The molecule has 20 heavy (non-hydrogen) atoms. The minimum Gasteiger partial charge on any atom is -0.466 e. The topological polar surface area (TPSA) is 41.6 Å². The van der Waals surface area contributed by atoms with E-state index < -0.39 is 0 Å². The number of rotatable bonds is 4. The molecule has 0 aromatic heterocycles. The second kappa shape index (κ2) is 6.41. The van der Waals surface area contributed by atoms with E-state index in [9.17, 15) is 4.79 Å². The maximum absolute atomic E-state index is 12.0. The zero-order valence-corrected chi connectivity index (χ0v) is 13.5. The molecule has 1 aromatic carbocycles. The van der Waals surface area contributed by atoms with Crippen LogP contribution in [-0.4, -0.2) is 30.7 Å². The lowest BCUT2D eigenvalue weighted by atomic mass is 9.98. The largest absolute Gasteiger partial charge is 0.466 e. The van der Waals surface area contributed by atoms with Gasteiger partial charge in [-0.05, 0) is 31.0 Å². The normalized spacial score (nSPS) is 19.1. The summed E-state index contributed by atoms with van der Waals surface area (Å²) in [6.45, 7) is 4.80. The van der Waals surface area contributed by atoms with Gasteiger partial charge in [-0.1, -0.05) is 35.0 Å². The van der Waals surface area contributed by atoms with Gasteiger partial charge in [0, 0.05) is 16.7 Å². The molecule has 0 fully saturated rings. The Morgan fingerprint density at radius 1 is 1.40 bits per heavy atom. The number of likely N-dealkylation sites (N-methyl/N-ethyl adjacent to an activating group) is 1. The van der Waals surface area contributed by atoms with Crippen molar-refractivity contribution >= 4 is 21.9 Å². The van der Waals surface area contributed by atoms with Gasteiger partial charge in [-0.15, -0.1) is 0 Å². The molecule has 108 valence electrons. The van der Waals surface area contributed by atoms with E-state index in [1.54, 1.807) is 0 Å². The molecular weight excluding hydrogens is 320 g/mol. The van der Waals surface area contributed by atoms with Crippen molar-refractivity contribution in [3.63, 3.8) is 0 Å². The average Bonchev–Trinajstić information content (AvgIpc) is 2.76. The van der Waals surface area contributed by atoms with E-state index in [4.69, 9.17) is 4.74 Å². The van der Waals surface area contributed by atoms with Gasteiger partial charge >= 0.3 is 5.97 Å². The number of nitrogens with zero attached hydrogens (tertiary/aromatic N) is 1. The third-order valence-corrected chi connectivity index (χ3v) is 4.04. The Labute approximate surface area is 127 Å². The molecule has 0 spiro atoms. The zero-order chi connectivity index (χ0) is 14.7. The highest BCUT2D eigenvalue weighted by Crippen LogP contribution is 2.25. The van der Waals surface area contributed by atoms with Crippen LogP contribution in [0.25, 0.3) is 0 Å². The molecule has 1 aliphatic rings. The monoisotopic (exact) mass is 338 g/mol. The van der Waals surface area contributed by atoms with Crippen LogP contribution in [0.4, 0.5) is 0 Å². The molecule has 0 amide bonds. The number of hydrazine groups is 1. The minimum atomic E-state index is -0.256. The molecule has 0 bridgehead atoms. The molecule has 4 nitrogen and oxygen atoms in total. The number of hydrogen-bond donors (Lipinski definition) is 1. The van der Waals surface area contributed by atoms with Gasteiger partial charge in [0.2, 0.25) is 0 Å². The number of nitrogens with one attached hydrogen (secondary N) is 1. The number of hydrogen-bond acceptors (Lipinski definition) is 4. The van der Waals surface area contributed by atoms with Crippen LogP contribution in [0.3, 0.4) is 0 Å². The van der Waals surface area contributed by atoms with E-state index in [1.807, 2.05) is 19.1 Å². The smallest absolute Gasteiger partial charge is 0.337 e. The Morgan fingerprint density at radius 2 is 2.05 bits per heavy atom. The summed E-state index contributed by atoms with van der Waals surface area (Å²) < 4.78 is 5.97. The lowest BCUT2D eigenvalue weighted by Crippen LogP contribution is -2.41. The zero-order valence-electron chi connectivity index (χ0n) is 11.9. The number of carbonyl (C=O) groups excluding carboxylic acids is 1. The summed E-state index contributed by atoms with van der Waals surface area (Å²) in [6, 6.07) is 8.18. The van der Waals surface area contributed by atoms with Crippen LogP contribution in [0.2, 0.25) is 0 Å². The molecule has 0 radical (unpaired) electrons. The van der Waals surface area contributed by atoms with Crippen LogP contribution < -0.4 is 5.43 Å². The summed E-state index contributed by atoms with van der Waals surface area (Å²) in [6.07, 6.45) is 0.774. The number of benzene rings is 1. The Morgan fingerprint density at radius 3 is 2.60 bits per heavy atom. The van der Waals surface area contributed by atoms with Gasteiger partial charge < -0.3 is 10.2 Å². The Hall–Kier alpha value is -1.33. The molecular formula is C15H19BrN2O2. The van der Waals surface area contributed by atoms with E-state index in [-0.39, 0.29) is 12.0 Å². The minimum absolute atomic E-state index is 0.00799. The molecule has 1 aliphatic heterocycles. The van der Waals surface area contributed by atoms with Crippen molar-refractivity contribution in [1.82, 2.24) is 10.4 Å². The Bertz CT molecular complexity index is 525. The van der Waals surface area contributed by atoms with E-state index in [0.717, 1.165) is 28.7 Å². The standard InChI is InChI=1S/C15H19BrN2O2/c1-4-18-13(9-11-5-7-12(16)8-6-11)14(10(2)17-18)15(19)20-3/h5-8,13,17H,4,9H2,1-3H3. The maximum Gasteiger partial charge on any atom is 0.337 e. The fraction of sp³-hybridized carbons (Fsp3) is 0.400. The number of ether oxygens (including phenoxy) is 1. The fourth-order valence-corrected chi connectivity index (χ4v) is 2.78. The second-order valence-electron chi connectivity index (χ2n) is 4.77. The van der Waals surface area contributed by atoms with E-state index in [0.29, 0.717) is 0 Å². The molecule has 1 atom stereocenters. The van der Waals surface area contributed by atoms with Gasteiger partial charge in [0.05, 0.1) is 18.7 Å². The van der Waals surface area contributed by atoms with Gasteiger partial charge in [0.1, 0.15) is 0 Å². The molecule has 0 saturated heterocycles. The van der Waals surface area contributed by atoms with Crippen molar-refractivity contribution in [2.75, 3.05) is 13.7 Å². The Balaban J connectivity index is 2.25. The van der Waals surface area contributed by atoms with Crippen molar-refractivity contribution in [1.29, 1.82) is 0 Å². The van der Waals surface area contributed by atoms with Gasteiger partial charge in [0.25, 0.3) is 0 Å². The fourth-order valence-electron chi connectivity index (χ4n) is 2.51. The highest BCUT2D eigenvalue weighted by atomic mass is 79.9. The summed E-state index contributed by atoms with van der Waals surface area (Å²) >= 11 is 3.43. The molecule has 1 unspecified atom stereocenters. The van der Waals surface area contributed by atoms with Crippen LogP contribution in [0.1, 0.15) is 19.4 Å². The molecule has 2 rings (SSSR count). The van der Waals surface area contributed by atoms with Crippen molar-refractivity contribution < 1.29 is 9.53 Å². The predicted octanol–water partition coefficient (Wildman–Crippen LogP) is 2.65. The summed E-state index contributed by atoms with van der Waals surface area (Å²) in [5.41, 5.74) is 6.04. The lowest BCUT2D eigenvalue weighted by molar-refractivity contribution is -0.136. The first-order valence-corrected chi connectivity index (χ1v) is 7.43. The van der Waals surface area contributed by atoms with E-state index >= 15 is 0 Å². The van der Waals surface area contributed by atoms with E-state index in [1.165, 1.54) is 12.7 Å². The molecule has 0 aliphatic carbocycles. The van der Waals surface area contributed by atoms with Crippen LogP contribution in [0.15, 0.2) is 40.0 Å². The number of halogens is 1. The molecule has 5 heteroatoms. The number of esters is 1. The van der Waals surface area contributed by atoms with Crippen molar-refractivity contribution in [3.05, 3.63) is 45.6 Å². The summed E-state index contributed by atoms with van der Waals surface area (Å²) in [7, 11) is 1.42. The first kappa shape index (κ1) is 15.1. The van der Waals surface area contributed by atoms with Crippen LogP contribution >= 0.6 is 15.9 Å². The van der Waals surface area contributed by atoms with E-state index in [2.05, 4.69) is 45.4 Å². The van der Waals surface area contributed by atoms with Crippen molar-refractivity contribution in [3.8, 4) is 0 Å². The van der Waals surface area contributed by atoms with Crippen LogP contribution in [0, 0.1) is 0 Å². The lowest BCUT2D eigenvalue weighted by Gasteiger charge is -2.24. The van der Waals surface area contributed by atoms with Gasteiger partial charge in [-0.25, -0.2) is 9.80 Å². The summed E-state index contributed by atoms with van der Waals surface area (Å²) in [5.74, 6) is -0.256. The number of methoxy groups -OCH3 is 1. The number of carbonyl (C=O) groups is 1. The molecule has 1 aromatic rings. The molecule has 0 saturated carbocycles. The Kier molecular flexibility index (Phi) is 4.83. The van der Waals surface area contributed by atoms with Gasteiger partial charge in [0.15, 0.2) is 0 Å². The number of allylic oxidation sites excluding steroid dienone is 1. The highest BCUT2D eigenvalue weighted by molar-refractivity contribution is 9.10. The SMILES string of the molecule is CCN1NC(C)=C(C(=O)OC)C1Cc1ccc(Br)cc1. The third kappa shape index (κ3) is 3.04. The first-order valence-electron chi connectivity index (χ1n) is 6.63. The van der Waals surface area contributed by atoms with Gasteiger partial charge in [-0.3, -0.25) is 0 Å². The van der Waals surface area contributed by atoms with Gasteiger partial charge in [-0.2, -0.15) is 0 Å². The maximum atomic E-state index is 12.0. The predicted molar refractivity (Wildman–Crippen MR) is 81.9 cm³/mol. The van der Waals surface area contributed by atoms with Crippen LogP contribution in [0.5, 0.6) is 0 Å².